The number of nitrogens with one attached hydrogen (secondary N) is 2. The molecule has 1 aliphatic heterocycles. The van der Waals surface area contributed by atoms with Gasteiger partial charge in [-0.1, -0.05) is 25.1 Å². The highest BCUT2D eigenvalue weighted by Gasteiger charge is 2.22. The highest BCUT2D eigenvalue weighted by molar-refractivity contribution is 5.39. The van der Waals surface area contributed by atoms with Crippen molar-refractivity contribution in [1.82, 2.24) is 10.6 Å². The lowest BCUT2D eigenvalue weighted by Gasteiger charge is -2.10. The smallest absolute Gasteiger partial charge is 0.122 e. The monoisotopic (exact) mass is 248 g/mol. The van der Waals surface area contributed by atoms with Crippen LogP contribution >= 0.6 is 0 Å². The second kappa shape index (κ2) is 7.39. The van der Waals surface area contributed by atoms with Crippen LogP contribution in [0.1, 0.15) is 31.2 Å². The Bertz CT molecular complexity index is 354. The van der Waals surface area contributed by atoms with Crippen LogP contribution in [0, 0.1) is 0 Å². The molecule has 0 bridgehead atoms. The maximum atomic E-state index is 5.67. The first-order chi connectivity index (χ1) is 8.92. The number of ether oxygens (including phenoxy) is 1. The van der Waals surface area contributed by atoms with Gasteiger partial charge in [0.15, 0.2) is 0 Å². The number of benzene rings is 1. The summed E-state index contributed by atoms with van der Waals surface area (Å²) in [4.78, 5) is 0. The van der Waals surface area contributed by atoms with Crippen molar-refractivity contribution in [3.63, 3.8) is 0 Å². The first-order valence-electron chi connectivity index (χ1n) is 7.05. The highest BCUT2D eigenvalue weighted by atomic mass is 16.5. The Balaban J connectivity index is 1.61. The predicted molar refractivity (Wildman–Crippen MR) is 75.3 cm³/mol. The van der Waals surface area contributed by atoms with E-state index >= 15 is 0 Å². The van der Waals surface area contributed by atoms with Crippen LogP contribution in [-0.2, 0) is 0 Å². The van der Waals surface area contributed by atoms with Gasteiger partial charge in [0.25, 0.3) is 0 Å². The molecule has 1 atom stereocenters. The summed E-state index contributed by atoms with van der Waals surface area (Å²) in [5.41, 5.74) is 1.36. The van der Waals surface area contributed by atoms with Crippen molar-refractivity contribution in [2.75, 3.05) is 32.8 Å². The molecule has 100 valence electrons. The van der Waals surface area contributed by atoms with Gasteiger partial charge in [0.05, 0.1) is 6.61 Å². The number of fused-ring (bicyclic) bond motifs is 1. The molecule has 2 N–H and O–H groups in total. The highest BCUT2D eigenvalue weighted by Crippen LogP contribution is 2.32. The summed E-state index contributed by atoms with van der Waals surface area (Å²) < 4.78 is 5.67. The zero-order valence-corrected chi connectivity index (χ0v) is 11.2. The quantitative estimate of drug-likeness (QED) is 0.692. The average Bonchev–Trinajstić information content (AvgIpc) is 2.81. The van der Waals surface area contributed by atoms with Crippen LogP contribution in [0.5, 0.6) is 5.75 Å². The summed E-state index contributed by atoms with van der Waals surface area (Å²) in [6, 6.07) is 8.37. The van der Waals surface area contributed by atoms with Gasteiger partial charge in [-0.25, -0.2) is 0 Å². The average molecular weight is 248 g/mol. The molecule has 1 aromatic rings. The molecule has 18 heavy (non-hydrogen) atoms. The first-order valence-corrected chi connectivity index (χ1v) is 7.05. The SMILES string of the molecule is CCCNCCCNCC1COc2ccccc21. The molecule has 3 nitrogen and oxygen atoms in total. The van der Waals surface area contributed by atoms with Crippen molar-refractivity contribution in [3.05, 3.63) is 29.8 Å². The van der Waals surface area contributed by atoms with Gasteiger partial charge in [-0.3, -0.25) is 0 Å². The van der Waals surface area contributed by atoms with Gasteiger partial charge in [0.2, 0.25) is 0 Å². The lowest BCUT2D eigenvalue weighted by Crippen LogP contribution is -2.26. The minimum absolute atomic E-state index is 0.518. The maximum absolute atomic E-state index is 5.67. The number of hydrogen-bond donors (Lipinski definition) is 2. The van der Waals surface area contributed by atoms with Crippen LogP contribution < -0.4 is 15.4 Å². The Kier molecular flexibility index (Phi) is 5.49. The maximum Gasteiger partial charge on any atom is 0.122 e. The Labute approximate surface area is 110 Å². The van der Waals surface area contributed by atoms with E-state index in [1.807, 2.05) is 6.07 Å². The van der Waals surface area contributed by atoms with Crippen molar-refractivity contribution in [2.45, 2.75) is 25.7 Å². The molecule has 0 aliphatic carbocycles. The molecule has 0 aromatic heterocycles. The van der Waals surface area contributed by atoms with E-state index in [1.54, 1.807) is 0 Å². The Morgan fingerprint density at radius 3 is 2.89 bits per heavy atom. The Morgan fingerprint density at radius 2 is 2.00 bits per heavy atom. The van der Waals surface area contributed by atoms with Crippen LogP contribution in [0.25, 0.3) is 0 Å². The van der Waals surface area contributed by atoms with E-state index in [9.17, 15) is 0 Å². The summed E-state index contributed by atoms with van der Waals surface area (Å²) in [5, 5.41) is 6.94. The Morgan fingerprint density at radius 1 is 1.17 bits per heavy atom. The first kappa shape index (κ1) is 13.4. The molecule has 0 fully saturated rings. The third-order valence-electron chi connectivity index (χ3n) is 3.32. The van der Waals surface area contributed by atoms with Crippen molar-refractivity contribution >= 4 is 0 Å². The van der Waals surface area contributed by atoms with Crippen LogP contribution in [0.2, 0.25) is 0 Å². The van der Waals surface area contributed by atoms with E-state index in [0.29, 0.717) is 5.92 Å². The van der Waals surface area contributed by atoms with Gasteiger partial charge in [-0.05, 0) is 38.5 Å². The topological polar surface area (TPSA) is 33.3 Å². The molecule has 0 saturated carbocycles. The summed E-state index contributed by atoms with van der Waals surface area (Å²) in [5.74, 6) is 1.58. The van der Waals surface area contributed by atoms with Crippen molar-refractivity contribution in [2.24, 2.45) is 0 Å². The van der Waals surface area contributed by atoms with Gasteiger partial charge >= 0.3 is 0 Å². The van der Waals surface area contributed by atoms with Crippen LogP contribution in [-0.4, -0.2) is 32.8 Å². The van der Waals surface area contributed by atoms with Crippen molar-refractivity contribution < 1.29 is 4.74 Å². The number of para-hydroxylation sites is 1. The lowest BCUT2D eigenvalue weighted by molar-refractivity contribution is 0.326. The minimum atomic E-state index is 0.518. The van der Waals surface area contributed by atoms with Gasteiger partial charge < -0.3 is 15.4 Å². The summed E-state index contributed by atoms with van der Waals surface area (Å²) in [6.45, 7) is 7.35. The van der Waals surface area contributed by atoms with Gasteiger partial charge in [0, 0.05) is 18.0 Å². The molecule has 1 aromatic carbocycles. The predicted octanol–water partition coefficient (Wildman–Crippen LogP) is 2.14. The van der Waals surface area contributed by atoms with Crippen LogP contribution in [0.4, 0.5) is 0 Å². The molecule has 1 unspecified atom stereocenters. The zero-order valence-electron chi connectivity index (χ0n) is 11.2. The standard InChI is InChI=1S/C15H24N2O/c1-2-8-16-9-5-10-17-11-13-12-18-15-7-4-3-6-14(13)15/h3-4,6-7,13,16-17H,2,5,8-12H2,1H3. The molecular weight excluding hydrogens is 224 g/mol. The van der Waals surface area contributed by atoms with E-state index in [-0.39, 0.29) is 0 Å². The molecule has 3 heteroatoms. The zero-order chi connectivity index (χ0) is 12.6. The molecule has 1 heterocycles. The molecule has 0 amide bonds. The normalized spacial score (nSPS) is 17.5. The summed E-state index contributed by atoms with van der Waals surface area (Å²) >= 11 is 0. The van der Waals surface area contributed by atoms with E-state index in [4.69, 9.17) is 4.74 Å². The van der Waals surface area contributed by atoms with Gasteiger partial charge in [0.1, 0.15) is 5.75 Å². The molecule has 1 aliphatic rings. The molecule has 0 spiro atoms. The van der Waals surface area contributed by atoms with Crippen molar-refractivity contribution in [3.8, 4) is 5.75 Å². The molecule has 0 saturated heterocycles. The fourth-order valence-corrected chi connectivity index (χ4v) is 2.31. The minimum Gasteiger partial charge on any atom is -0.493 e. The fraction of sp³-hybridized carbons (Fsp3) is 0.600. The van der Waals surface area contributed by atoms with Gasteiger partial charge in [-0.15, -0.1) is 0 Å². The summed E-state index contributed by atoms with van der Waals surface area (Å²) in [7, 11) is 0. The molecular formula is C15H24N2O. The third-order valence-corrected chi connectivity index (χ3v) is 3.32. The van der Waals surface area contributed by atoms with E-state index < -0.39 is 0 Å². The Hall–Kier alpha value is -1.06. The molecule has 0 radical (unpaired) electrons. The van der Waals surface area contributed by atoms with Crippen LogP contribution in [0.15, 0.2) is 24.3 Å². The van der Waals surface area contributed by atoms with Gasteiger partial charge in [-0.2, -0.15) is 0 Å². The number of hydrogen-bond acceptors (Lipinski definition) is 3. The largest absolute Gasteiger partial charge is 0.493 e. The third kappa shape index (κ3) is 3.72. The summed E-state index contributed by atoms with van der Waals surface area (Å²) in [6.07, 6.45) is 2.40. The van der Waals surface area contributed by atoms with Crippen molar-refractivity contribution in [1.29, 1.82) is 0 Å². The van der Waals surface area contributed by atoms with Crippen LogP contribution in [0.3, 0.4) is 0 Å². The van der Waals surface area contributed by atoms with E-state index in [1.165, 1.54) is 18.4 Å². The van der Waals surface area contributed by atoms with E-state index in [2.05, 4.69) is 35.8 Å². The lowest BCUT2D eigenvalue weighted by atomic mass is 10.0. The second-order valence-corrected chi connectivity index (χ2v) is 4.85. The number of rotatable bonds is 8. The molecule has 2 rings (SSSR count). The second-order valence-electron chi connectivity index (χ2n) is 4.85. The van der Waals surface area contributed by atoms with E-state index in [0.717, 1.165) is 38.5 Å². The fourth-order valence-electron chi connectivity index (χ4n) is 2.31.